The van der Waals surface area contributed by atoms with Crippen molar-refractivity contribution < 1.29 is 9.90 Å². The molecule has 18 heavy (non-hydrogen) atoms. The molecular weight excluding hydrogens is 224 g/mol. The third-order valence-electron chi connectivity index (χ3n) is 2.76. The molecule has 0 amide bonds. The van der Waals surface area contributed by atoms with Gasteiger partial charge in [-0.3, -0.25) is 0 Å². The molecule has 2 heteroatoms. The molecule has 0 radical (unpaired) electrons. The van der Waals surface area contributed by atoms with Gasteiger partial charge in [0.15, 0.2) is 0 Å². The lowest BCUT2D eigenvalue weighted by Crippen LogP contribution is -1.96. The SMILES string of the molecule is CC(C)=CCCC(C)CCO.CCCCCC=O. The summed E-state index contributed by atoms with van der Waals surface area (Å²) in [6.07, 6.45) is 10.7. The minimum atomic E-state index is 0.329. The van der Waals surface area contributed by atoms with Crippen molar-refractivity contribution in [2.75, 3.05) is 6.61 Å². The molecule has 2 nitrogen and oxygen atoms in total. The first kappa shape index (κ1) is 19.7. The van der Waals surface area contributed by atoms with Crippen molar-refractivity contribution in [1.82, 2.24) is 0 Å². The molecule has 0 aliphatic carbocycles. The molecule has 0 aliphatic rings. The fraction of sp³-hybridized carbons (Fsp3) is 0.812. The largest absolute Gasteiger partial charge is 0.396 e. The second-order valence-corrected chi connectivity index (χ2v) is 5.14. The van der Waals surface area contributed by atoms with E-state index >= 15 is 0 Å². The summed E-state index contributed by atoms with van der Waals surface area (Å²) in [4.78, 5) is 9.68. The minimum absolute atomic E-state index is 0.329. The number of aldehydes is 1. The van der Waals surface area contributed by atoms with Crippen LogP contribution in [0.15, 0.2) is 11.6 Å². The second-order valence-electron chi connectivity index (χ2n) is 5.14. The first-order valence-corrected chi connectivity index (χ1v) is 7.26. The summed E-state index contributed by atoms with van der Waals surface area (Å²) in [5.41, 5.74) is 1.39. The Hall–Kier alpha value is -0.630. The Bertz CT molecular complexity index is 193. The minimum Gasteiger partial charge on any atom is -0.396 e. The summed E-state index contributed by atoms with van der Waals surface area (Å²) in [6, 6.07) is 0. The molecule has 0 aromatic carbocycles. The van der Waals surface area contributed by atoms with Gasteiger partial charge in [-0.05, 0) is 45.4 Å². The average Bonchev–Trinajstić information content (AvgIpc) is 2.30. The average molecular weight is 256 g/mol. The summed E-state index contributed by atoms with van der Waals surface area (Å²) in [5, 5.41) is 8.63. The topological polar surface area (TPSA) is 37.3 Å². The van der Waals surface area contributed by atoms with Crippen LogP contribution in [-0.4, -0.2) is 18.0 Å². The number of unbranched alkanes of at least 4 members (excludes halogenated alkanes) is 3. The molecule has 0 aliphatic heterocycles. The van der Waals surface area contributed by atoms with Crippen LogP contribution in [0.4, 0.5) is 0 Å². The van der Waals surface area contributed by atoms with Crippen LogP contribution in [0.3, 0.4) is 0 Å². The van der Waals surface area contributed by atoms with Crippen LogP contribution >= 0.6 is 0 Å². The highest BCUT2D eigenvalue weighted by Gasteiger charge is 1.98. The molecule has 0 spiro atoms. The van der Waals surface area contributed by atoms with E-state index in [1.165, 1.54) is 24.8 Å². The van der Waals surface area contributed by atoms with Crippen molar-refractivity contribution in [3.63, 3.8) is 0 Å². The number of aliphatic hydroxyl groups is 1. The van der Waals surface area contributed by atoms with Crippen LogP contribution in [0.5, 0.6) is 0 Å². The van der Waals surface area contributed by atoms with Gasteiger partial charge in [-0.2, -0.15) is 0 Å². The standard InChI is InChI=1S/C10H20O.C6H12O/c1-9(2)5-4-6-10(3)7-8-11;1-2-3-4-5-6-7/h5,10-11H,4,6-8H2,1-3H3;6H,2-5H2,1H3. The summed E-state index contributed by atoms with van der Waals surface area (Å²) in [6.45, 7) is 8.89. The van der Waals surface area contributed by atoms with Crippen molar-refractivity contribution in [3.05, 3.63) is 11.6 Å². The Labute approximate surface area is 113 Å². The zero-order valence-electron chi connectivity index (χ0n) is 12.7. The second kappa shape index (κ2) is 16.4. The predicted molar refractivity (Wildman–Crippen MR) is 79.7 cm³/mol. The van der Waals surface area contributed by atoms with Crippen LogP contribution in [0.25, 0.3) is 0 Å². The van der Waals surface area contributed by atoms with Gasteiger partial charge in [-0.15, -0.1) is 0 Å². The van der Waals surface area contributed by atoms with Gasteiger partial charge >= 0.3 is 0 Å². The Balaban J connectivity index is 0. The number of allylic oxidation sites excluding steroid dienone is 2. The molecule has 0 rings (SSSR count). The molecule has 0 fully saturated rings. The van der Waals surface area contributed by atoms with E-state index in [1.807, 2.05) is 0 Å². The third kappa shape index (κ3) is 20.7. The Morgan fingerprint density at radius 1 is 1.17 bits per heavy atom. The zero-order chi connectivity index (χ0) is 14.2. The number of carbonyl (C=O) groups is 1. The fourth-order valence-corrected chi connectivity index (χ4v) is 1.50. The van der Waals surface area contributed by atoms with Gasteiger partial charge in [0.05, 0.1) is 0 Å². The monoisotopic (exact) mass is 256 g/mol. The summed E-state index contributed by atoms with van der Waals surface area (Å²) in [5.74, 6) is 0.663. The van der Waals surface area contributed by atoms with E-state index in [0.29, 0.717) is 12.5 Å². The van der Waals surface area contributed by atoms with E-state index in [9.17, 15) is 4.79 Å². The molecule has 0 heterocycles. The predicted octanol–water partition coefficient (Wildman–Crippen LogP) is 4.52. The molecule has 108 valence electrons. The van der Waals surface area contributed by atoms with Gasteiger partial charge in [-0.25, -0.2) is 0 Å². The molecule has 1 N–H and O–H groups in total. The summed E-state index contributed by atoms with van der Waals surface area (Å²) in [7, 11) is 0. The van der Waals surface area contributed by atoms with Gasteiger partial charge in [0.1, 0.15) is 6.29 Å². The highest BCUT2D eigenvalue weighted by atomic mass is 16.3. The van der Waals surface area contributed by atoms with Crippen LogP contribution in [0.2, 0.25) is 0 Å². The van der Waals surface area contributed by atoms with E-state index in [0.717, 1.165) is 32.0 Å². The number of hydrogen-bond donors (Lipinski definition) is 1. The Morgan fingerprint density at radius 2 is 1.83 bits per heavy atom. The fourth-order valence-electron chi connectivity index (χ4n) is 1.50. The smallest absolute Gasteiger partial charge is 0.119 e. The quantitative estimate of drug-likeness (QED) is 0.374. The van der Waals surface area contributed by atoms with Crippen LogP contribution in [-0.2, 0) is 4.79 Å². The Morgan fingerprint density at radius 3 is 2.28 bits per heavy atom. The van der Waals surface area contributed by atoms with Gasteiger partial charge in [-0.1, -0.05) is 38.3 Å². The van der Waals surface area contributed by atoms with Crippen molar-refractivity contribution in [2.45, 2.75) is 72.6 Å². The van der Waals surface area contributed by atoms with Gasteiger partial charge in [0.2, 0.25) is 0 Å². The molecule has 0 aromatic rings. The molecule has 1 unspecified atom stereocenters. The molecular formula is C16H32O2. The first-order valence-electron chi connectivity index (χ1n) is 7.26. The van der Waals surface area contributed by atoms with Crippen molar-refractivity contribution in [3.8, 4) is 0 Å². The molecule has 0 aromatic heterocycles. The first-order chi connectivity index (χ1) is 8.58. The molecule has 0 bridgehead atoms. The van der Waals surface area contributed by atoms with E-state index in [1.54, 1.807) is 0 Å². The van der Waals surface area contributed by atoms with Gasteiger partial charge < -0.3 is 9.90 Å². The zero-order valence-corrected chi connectivity index (χ0v) is 12.7. The third-order valence-corrected chi connectivity index (χ3v) is 2.76. The number of hydrogen-bond acceptors (Lipinski definition) is 2. The van der Waals surface area contributed by atoms with Crippen molar-refractivity contribution in [2.24, 2.45) is 5.92 Å². The number of aliphatic hydroxyl groups excluding tert-OH is 1. The van der Waals surface area contributed by atoms with Gasteiger partial charge in [0, 0.05) is 13.0 Å². The number of rotatable bonds is 9. The summed E-state index contributed by atoms with van der Waals surface area (Å²) < 4.78 is 0. The van der Waals surface area contributed by atoms with E-state index in [-0.39, 0.29) is 0 Å². The highest BCUT2D eigenvalue weighted by Crippen LogP contribution is 2.10. The van der Waals surface area contributed by atoms with E-state index in [4.69, 9.17) is 5.11 Å². The molecule has 0 saturated carbocycles. The van der Waals surface area contributed by atoms with Crippen LogP contribution in [0.1, 0.15) is 72.6 Å². The van der Waals surface area contributed by atoms with E-state index in [2.05, 4.69) is 33.8 Å². The lowest BCUT2D eigenvalue weighted by molar-refractivity contribution is -0.107. The lowest BCUT2D eigenvalue weighted by atomic mass is 10.0. The maximum absolute atomic E-state index is 9.68. The highest BCUT2D eigenvalue weighted by molar-refractivity contribution is 5.48. The van der Waals surface area contributed by atoms with Crippen LogP contribution in [0, 0.1) is 5.92 Å². The maximum Gasteiger partial charge on any atom is 0.119 e. The Kier molecular flexibility index (Phi) is 17.9. The van der Waals surface area contributed by atoms with Gasteiger partial charge in [0.25, 0.3) is 0 Å². The lowest BCUT2D eigenvalue weighted by Gasteiger charge is -2.06. The molecule has 0 saturated heterocycles. The van der Waals surface area contributed by atoms with E-state index < -0.39 is 0 Å². The molecule has 1 atom stereocenters. The maximum atomic E-state index is 9.68. The van der Waals surface area contributed by atoms with Crippen LogP contribution < -0.4 is 0 Å². The summed E-state index contributed by atoms with van der Waals surface area (Å²) >= 11 is 0. The normalized spacial score (nSPS) is 11.2. The number of carbonyl (C=O) groups excluding carboxylic acids is 1. The van der Waals surface area contributed by atoms with Crippen molar-refractivity contribution >= 4 is 6.29 Å². The van der Waals surface area contributed by atoms with Crippen molar-refractivity contribution in [1.29, 1.82) is 0 Å².